The number of aliphatic hydroxyl groups is 1. The maximum Gasteiger partial charge on any atom is 0.104 e. The van der Waals surface area contributed by atoms with E-state index in [-0.39, 0.29) is 6.61 Å². The summed E-state index contributed by atoms with van der Waals surface area (Å²) in [5, 5.41) is 8.71. The van der Waals surface area contributed by atoms with Crippen molar-refractivity contribution in [2.24, 2.45) is 5.92 Å². The predicted octanol–water partition coefficient (Wildman–Crippen LogP) is 3.31. The molecule has 0 amide bonds. The second-order valence-electron chi connectivity index (χ2n) is 4.35. The first-order valence-electron chi connectivity index (χ1n) is 5.99. The third-order valence-electron chi connectivity index (χ3n) is 2.42. The van der Waals surface area contributed by atoms with Crippen molar-refractivity contribution < 1.29 is 5.11 Å². The summed E-state index contributed by atoms with van der Waals surface area (Å²) in [6.07, 6.45) is 1.26. The number of aliphatic hydroxyl groups excluding tert-OH is 1. The van der Waals surface area contributed by atoms with Crippen molar-refractivity contribution in [2.75, 3.05) is 12.4 Å². The van der Waals surface area contributed by atoms with E-state index in [9.17, 15) is 0 Å². The normalized spacial score (nSPS) is 10.1. The topological polar surface area (TPSA) is 20.2 Å². The van der Waals surface area contributed by atoms with Gasteiger partial charge in [0, 0.05) is 11.3 Å². The molecule has 0 aliphatic heterocycles. The van der Waals surface area contributed by atoms with Gasteiger partial charge in [-0.1, -0.05) is 43.9 Å². The van der Waals surface area contributed by atoms with Crippen molar-refractivity contribution in [1.29, 1.82) is 0 Å². The van der Waals surface area contributed by atoms with Gasteiger partial charge in [0.05, 0.1) is 0 Å². The van der Waals surface area contributed by atoms with Crippen molar-refractivity contribution in [3.8, 4) is 11.8 Å². The highest BCUT2D eigenvalue weighted by atomic mass is 32.2. The molecule has 0 fully saturated rings. The van der Waals surface area contributed by atoms with E-state index in [4.69, 9.17) is 5.11 Å². The Hall–Kier alpha value is -0.910. The van der Waals surface area contributed by atoms with Crippen LogP contribution in [-0.2, 0) is 5.75 Å². The van der Waals surface area contributed by atoms with Gasteiger partial charge in [0.25, 0.3) is 0 Å². The maximum atomic E-state index is 8.71. The Morgan fingerprint density at radius 2 is 2.06 bits per heavy atom. The molecule has 17 heavy (non-hydrogen) atoms. The Morgan fingerprint density at radius 3 is 2.76 bits per heavy atom. The van der Waals surface area contributed by atoms with Crippen LogP contribution in [0.15, 0.2) is 24.3 Å². The average molecular weight is 248 g/mol. The third-order valence-corrected chi connectivity index (χ3v) is 3.46. The molecule has 1 nitrogen and oxygen atoms in total. The van der Waals surface area contributed by atoms with Gasteiger partial charge in [0.1, 0.15) is 6.61 Å². The van der Waals surface area contributed by atoms with E-state index in [0.717, 1.165) is 17.2 Å². The van der Waals surface area contributed by atoms with Gasteiger partial charge in [-0.15, -0.1) is 0 Å². The van der Waals surface area contributed by atoms with E-state index in [0.29, 0.717) is 0 Å². The lowest BCUT2D eigenvalue weighted by molar-refractivity contribution is 0.350. The van der Waals surface area contributed by atoms with Gasteiger partial charge in [0.2, 0.25) is 0 Å². The molecule has 0 saturated heterocycles. The Bertz CT molecular complexity index is 387. The molecular weight excluding hydrogens is 228 g/mol. The fourth-order valence-corrected chi connectivity index (χ4v) is 2.66. The van der Waals surface area contributed by atoms with E-state index in [2.05, 4.69) is 31.8 Å². The third kappa shape index (κ3) is 5.81. The fourth-order valence-electron chi connectivity index (χ4n) is 1.40. The summed E-state index contributed by atoms with van der Waals surface area (Å²) in [5.41, 5.74) is 2.31. The number of benzene rings is 1. The smallest absolute Gasteiger partial charge is 0.104 e. The summed E-state index contributed by atoms with van der Waals surface area (Å²) >= 11 is 1.95. The SMILES string of the molecule is CC(C)CCSCc1ccccc1C#CCO. The number of thioether (sulfide) groups is 1. The van der Waals surface area contributed by atoms with Crippen LogP contribution in [0.4, 0.5) is 0 Å². The molecule has 0 aliphatic carbocycles. The molecule has 2 heteroatoms. The molecule has 0 saturated carbocycles. The molecule has 0 heterocycles. The molecule has 1 aromatic rings. The van der Waals surface area contributed by atoms with E-state index in [1.54, 1.807) is 0 Å². The summed E-state index contributed by atoms with van der Waals surface area (Å²) in [4.78, 5) is 0. The molecular formula is C15H20OS. The molecule has 0 aromatic heterocycles. The number of rotatable bonds is 5. The lowest BCUT2D eigenvalue weighted by Crippen LogP contribution is -1.92. The Morgan fingerprint density at radius 1 is 1.29 bits per heavy atom. The minimum absolute atomic E-state index is 0.0746. The van der Waals surface area contributed by atoms with Crippen LogP contribution in [0.3, 0.4) is 0 Å². The van der Waals surface area contributed by atoms with Crippen molar-refractivity contribution in [3.63, 3.8) is 0 Å². The van der Waals surface area contributed by atoms with Crippen LogP contribution >= 0.6 is 11.8 Å². The molecule has 0 unspecified atom stereocenters. The molecule has 1 aromatic carbocycles. The quantitative estimate of drug-likeness (QED) is 0.637. The Labute approximate surface area is 109 Å². The lowest BCUT2D eigenvalue weighted by Gasteiger charge is -2.06. The monoisotopic (exact) mass is 248 g/mol. The van der Waals surface area contributed by atoms with Gasteiger partial charge in [-0.25, -0.2) is 0 Å². The van der Waals surface area contributed by atoms with Crippen molar-refractivity contribution in [2.45, 2.75) is 26.0 Å². The Balaban J connectivity index is 2.52. The van der Waals surface area contributed by atoms with Gasteiger partial charge in [-0.3, -0.25) is 0 Å². The largest absolute Gasteiger partial charge is 0.384 e. The van der Waals surface area contributed by atoms with Crippen LogP contribution in [0, 0.1) is 17.8 Å². The van der Waals surface area contributed by atoms with E-state index >= 15 is 0 Å². The molecule has 0 atom stereocenters. The fraction of sp³-hybridized carbons (Fsp3) is 0.467. The standard InChI is InChI=1S/C15H20OS/c1-13(2)9-11-17-12-15-7-4-3-6-14(15)8-5-10-16/h3-4,6-7,13,16H,9-12H2,1-2H3. The highest BCUT2D eigenvalue weighted by Gasteiger charge is 2.00. The van der Waals surface area contributed by atoms with Gasteiger partial charge >= 0.3 is 0 Å². The minimum Gasteiger partial charge on any atom is -0.384 e. The van der Waals surface area contributed by atoms with Crippen molar-refractivity contribution >= 4 is 11.8 Å². The van der Waals surface area contributed by atoms with Crippen LogP contribution in [0.5, 0.6) is 0 Å². The van der Waals surface area contributed by atoms with Crippen molar-refractivity contribution in [3.05, 3.63) is 35.4 Å². The highest BCUT2D eigenvalue weighted by molar-refractivity contribution is 7.98. The zero-order valence-corrected chi connectivity index (χ0v) is 11.4. The zero-order chi connectivity index (χ0) is 12.5. The Kier molecular flexibility index (Phi) is 6.84. The summed E-state index contributed by atoms with van der Waals surface area (Å²) in [6, 6.07) is 8.16. The average Bonchev–Trinajstić information content (AvgIpc) is 2.33. The lowest BCUT2D eigenvalue weighted by atomic mass is 10.1. The zero-order valence-electron chi connectivity index (χ0n) is 10.6. The van der Waals surface area contributed by atoms with Crippen LogP contribution in [-0.4, -0.2) is 17.5 Å². The number of hydrogen-bond acceptors (Lipinski definition) is 2. The predicted molar refractivity (Wildman–Crippen MR) is 76.0 cm³/mol. The van der Waals surface area contributed by atoms with E-state index < -0.39 is 0 Å². The molecule has 92 valence electrons. The number of hydrogen-bond donors (Lipinski definition) is 1. The maximum absolute atomic E-state index is 8.71. The van der Waals surface area contributed by atoms with Gasteiger partial charge in [-0.2, -0.15) is 11.8 Å². The van der Waals surface area contributed by atoms with Crippen molar-refractivity contribution in [1.82, 2.24) is 0 Å². The first-order chi connectivity index (χ1) is 8.24. The second kappa shape index (κ2) is 8.22. The summed E-state index contributed by atoms with van der Waals surface area (Å²) < 4.78 is 0. The molecule has 1 rings (SSSR count). The van der Waals surface area contributed by atoms with Crippen LogP contribution in [0.25, 0.3) is 0 Å². The first kappa shape index (κ1) is 14.2. The van der Waals surface area contributed by atoms with Crippen LogP contribution in [0.2, 0.25) is 0 Å². The summed E-state index contributed by atoms with van der Waals surface area (Å²) in [6.45, 7) is 4.43. The summed E-state index contributed by atoms with van der Waals surface area (Å²) in [5.74, 6) is 8.68. The molecule has 1 N–H and O–H groups in total. The minimum atomic E-state index is -0.0746. The van der Waals surface area contributed by atoms with Crippen LogP contribution < -0.4 is 0 Å². The molecule has 0 radical (unpaired) electrons. The summed E-state index contributed by atoms with van der Waals surface area (Å²) in [7, 11) is 0. The molecule has 0 spiro atoms. The second-order valence-corrected chi connectivity index (χ2v) is 5.46. The van der Waals surface area contributed by atoms with E-state index in [1.165, 1.54) is 17.7 Å². The molecule has 0 aliphatic rings. The van der Waals surface area contributed by atoms with Gasteiger partial charge < -0.3 is 5.11 Å². The highest BCUT2D eigenvalue weighted by Crippen LogP contribution is 2.18. The van der Waals surface area contributed by atoms with Crippen LogP contribution in [0.1, 0.15) is 31.4 Å². The van der Waals surface area contributed by atoms with Gasteiger partial charge in [0.15, 0.2) is 0 Å². The molecule has 0 bridgehead atoms. The van der Waals surface area contributed by atoms with Gasteiger partial charge in [-0.05, 0) is 29.7 Å². The first-order valence-corrected chi connectivity index (χ1v) is 7.15. The van der Waals surface area contributed by atoms with E-state index in [1.807, 2.05) is 30.0 Å².